The van der Waals surface area contributed by atoms with Crippen molar-refractivity contribution in [3.05, 3.63) is 35.4 Å². The minimum atomic E-state index is -0.239. The summed E-state index contributed by atoms with van der Waals surface area (Å²) in [5.74, 6) is 0.309. The van der Waals surface area contributed by atoms with Gasteiger partial charge in [0.25, 0.3) is 0 Å². The Kier molecular flexibility index (Phi) is 6.69. The van der Waals surface area contributed by atoms with Crippen molar-refractivity contribution >= 4 is 5.84 Å². The molecule has 4 N–H and O–H groups in total. The first-order chi connectivity index (χ1) is 9.86. The number of benzene rings is 1. The maximum Gasteiger partial charge on any atom is 0.144 e. The van der Waals surface area contributed by atoms with Gasteiger partial charge in [0.15, 0.2) is 0 Å². The van der Waals surface area contributed by atoms with E-state index in [-0.39, 0.29) is 5.41 Å². The van der Waals surface area contributed by atoms with E-state index in [1.54, 1.807) is 0 Å². The minimum Gasteiger partial charge on any atom is -0.409 e. The quantitative estimate of drug-likeness (QED) is 0.225. The molecule has 1 rings (SSSR count). The Hall–Kier alpha value is -1.55. The summed E-state index contributed by atoms with van der Waals surface area (Å²) in [5.41, 5.74) is 8.05. The van der Waals surface area contributed by atoms with Crippen molar-refractivity contribution in [1.82, 2.24) is 5.32 Å². The lowest BCUT2D eigenvalue weighted by atomic mass is 9.86. The number of amidine groups is 1. The molecule has 0 saturated heterocycles. The van der Waals surface area contributed by atoms with Crippen LogP contribution in [0.25, 0.3) is 0 Å². The van der Waals surface area contributed by atoms with Crippen LogP contribution in [-0.4, -0.2) is 17.6 Å². The molecular formula is C17H29N3O. The Morgan fingerprint density at radius 3 is 2.48 bits per heavy atom. The highest BCUT2D eigenvalue weighted by atomic mass is 16.4. The molecule has 4 nitrogen and oxygen atoms in total. The van der Waals surface area contributed by atoms with Gasteiger partial charge in [-0.3, -0.25) is 0 Å². The normalized spacial score (nSPS) is 14.2. The summed E-state index contributed by atoms with van der Waals surface area (Å²) in [5, 5.41) is 15.4. The molecule has 0 radical (unpaired) electrons. The van der Waals surface area contributed by atoms with Crippen LogP contribution in [0.1, 0.15) is 57.2 Å². The Morgan fingerprint density at radius 1 is 1.29 bits per heavy atom. The second kappa shape index (κ2) is 8.03. The standard InChI is InChI=1S/C17H29N3O/c1-13-7-9-15(10-8-13)14(2)19-12-6-5-11-17(3,4)16(18)20-21/h7-10,14,19,21H,5-6,11-12H2,1-4H3,(H2,18,20)/t14-/m0/s1. The van der Waals surface area contributed by atoms with E-state index in [9.17, 15) is 0 Å². The summed E-state index contributed by atoms with van der Waals surface area (Å²) in [7, 11) is 0. The van der Waals surface area contributed by atoms with Gasteiger partial charge in [0, 0.05) is 11.5 Å². The molecule has 1 aromatic carbocycles. The molecule has 0 amide bonds. The molecule has 0 bridgehead atoms. The number of oxime groups is 1. The van der Waals surface area contributed by atoms with Crippen molar-refractivity contribution in [2.45, 2.75) is 53.0 Å². The molecule has 21 heavy (non-hydrogen) atoms. The average Bonchev–Trinajstić information content (AvgIpc) is 2.46. The lowest BCUT2D eigenvalue weighted by molar-refractivity contribution is 0.304. The van der Waals surface area contributed by atoms with E-state index in [4.69, 9.17) is 10.9 Å². The number of nitrogens with one attached hydrogen (secondary N) is 1. The number of aryl methyl sites for hydroxylation is 1. The lowest BCUT2D eigenvalue weighted by Crippen LogP contribution is -2.32. The van der Waals surface area contributed by atoms with Gasteiger partial charge < -0.3 is 16.3 Å². The Morgan fingerprint density at radius 2 is 1.90 bits per heavy atom. The monoisotopic (exact) mass is 291 g/mol. The van der Waals surface area contributed by atoms with E-state index in [1.807, 2.05) is 13.8 Å². The first kappa shape index (κ1) is 17.5. The third-order valence-electron chi connectivity index (χ3n) is 4.06. The molecule has 0 unspecified atom stereocenters. The fourth-order valence-corrected chi connectivity index (χ4v) is 2.25. The van der Waals surface area contributed by atoms with E-state index < -0.39 is 0 Å². The van der Waals surface area contributed by atoms with Gasteiger partial charge in [-0.2, -0.15) is 0 Å². The fourth-order valence-electron chi connectivity index (χ4n) is 2.25. The van der Waals surface area contributed by atoms with Gasteiger partial charge in [-0.15, -0.1) is 0 Å². The SMILES string of the molecule is Cc1ccc([C@H](C)NCCCCC(C)(C)/C(N)=N/O)cc1. The molecule has 1 atom stereocenters. The van der Waals surface area contributed by atoms with E-state index in [0.29, 0.717) is 11.9 Å². The first-order valence-corrected chi connectivity index (χ1v) is 7.65. The molecule has 0 aliphatic carbocycles. The summed E-state index contributed by atoms with van der Waals surface area (Å²) in [6, 6.07) is 9.01. The third-order valence-corrected chi connectivity index (χ3v) is 4.06. The number of unbranched alkanes of at least 4 members (excludes halogenated alkanes) is 1. The maximum atomic E-state index is 8.74. The van der Waals surface area contributed by atoms with E-state index >= 15 is 0 Å². The molecule has 0 heterocycles. The van der Waals surface area contributed by atoms with Crippen molar-refractivity contribution in [2.24, 2.45) is 16.3 Å². The Labute approximate surface area is 128 Å². The van der Waals surface area contributed by atoms with Crippen molar-refractivity contribution in [1.29, 1.82) is 0 Å². The molecule has 0 spiro atoms. The number of hydrogen-bond acceptors (Lipinski definition) is 3. The van der Waals surface area contributed by atoms with Gasteiger partial charge in [0.2, 0.25) is 0 Å². The number of nitrogens with two attached hydrogens (primary N) is 1. The summed E-state index contributed by atoms with van der Waals surface area (Å²) < 4.78 is 0. The summed E-state index contributed by atoms with van der Waals surface area (Å²) in [6.07, 6.45) is 3.05. The molecule has 4 heteroatoms. The molecule has 1 aromatic rings. The number of rotatable bonds is 8. The lowest BCUT2D eigenvalue weighted by Gasteiger charge is -2.22. The highest BCUT2D eigenvalue weighted by Crippen LogP contribution is 2.23. The molecule has 0 saturated carbocycles. The van der Waals surface area contributed by atoms with Crippen LogP contribution in [0.3, 0.4) is 0 Å². The molecule has 0 fully saturated rings. The Bertz CT molecular complexity index is 452. The van der Waals surface area contributed by atoms with Crippen LogP contribution in [0.5, 0.6) is 0 Å². The molecule has 118 valence electrons. The molecular weight excluding hydrogens is 262 g/mol. The maximum absolute atomic E-state index is 8.74. The summed E-state index contributed by atoms with van der Waals surface area (Å²) in [4.78, 5) is 0. The van der Waals surface area contributed by atoms with Crippen LogP contribution < -0.4 is 11.1 Å². The predicted octanol–water partition coefficient (Wildman–Crippen LogP) is 3.59. The first-order valence-electron chi connectivity index (χ1n) is 7.65. The van der Waals surface area contributed by atoms with Crippen molar-refractivity contribution < 1.29 is 5.21 Å². The highest BCUT2D eigenvalue weighted by Gasteiger charge is 2.22. The van der Waals surface area contributed by atoms with Crippen LogP contribution in [0.2, 0.25) is 0 Å². The van der Waals surface area contributed by atoms with Crippen molar-refractivity contribution in [3.8, 4) is 0 Å². The number of hydrogen-bond donors (Lipinski definition) is 3. The summed E-state index contributed by atoms with van der Waals surface area (Å²) >= 11 is 0. The van der Waals surface area contributed by atoms with E-state index in [1.165, 1.54) is 11.1 Å². The third kappa shape index (κ3) is 5.76. The van der Waals surface area contributed by atoms with Crippen LogP contribution in [0, 0.1) is 12.3 Å². The highest BCUT2D eigenvalue weighted by molar-refractivity contribution is 5.85. The van der Waals surface area contributed by atoms with Crippen LogP contribution in [-0.2, 0) is 0 Å². The number of nitrogens with zero attached hydrogens (tertiary/aromatic N) is 1. The van der Waals surface area contributed by atoms with Gasteiger partial charge in [0.05, 0.1) is 0 Å². The fraction of sp³-hybridized carbons (Fsp3) is 0.588. The molecule has 0 aromatic heterocycles. The van der Waals surface area contributed by atoms with Crippen LogP contribution in [0.15, 0.2) is 29.4 Å². The van der Waals surface area contributed by atoms with Gasteiger partial charge in [-0.05, 0) is 38.8 Å². The smallest absolute Gasteiger partial charge is 0.144 e. The second-order valence-electron chi connectivity index (χ2n) is 6.41. The Balaban J connectivity index is 2.27. The minimum absolute atomic E-state index is 0.239. The zero-order valence-electron chi connectivity index (χ0n) is 13.7. The summed E-state index contributed by atoms with van der Waals surface area (Å²) in [6.45, 7) is 9.27. The van der Waals surface area contributed by atoms with Gasteiger partial charge in [0.1, 0.15) is 5.84 Å². The average molecular weight is 291 g/mol. The zero-order chi connectivity index (χ0) is 15.9. The topological polar surface area (TPSA) is 70.6 Å². The van der Waals surface area contributed by atoms with Crippen molar-refractivity contribution in [3.63, 3.8) is 0 Å². The zero-order valence-corrected chi connectivity index (χ0v) is 13.7. The van der Waals surface area contributed by atoms with E-state index in [0.717, 1.165) is 25.8 Å². The largest absolute Gasteiger partial charge is 0.409 e. The van der Waals surface area contributed by atoms with Gasteiger partial charge in [-0.1, -0.05) is 55.3 Å². The van der Waals surface area contributed by atoms with Crippen LogP contribution >= 0.6 is 0 Å². The van der Waals surface area contributed by atoms with E-state index in [2.05, 4.69) is 48.6 Å². The van der Waals surface area contributed by atoms with Gasteiger partial charge >= 0.3 is 0 Å². The second-order valence-corrected chi connectivity index (χ2v) is 6.41. The van der Waals surface area contributed by atoms with Crippen molar-refractivity contribution in [2.75, 3.05) is 6.54 Å². The van der Waals surface area contributed by atoms with Crippen LogP contribution in [0.4, 0.5) is 0 Å². The predicted molar refractivity (Wildman–Crippen MR) is 88.6 cm³/mol. The molecule has 0 aliphatic rings. The van der Waals surface area contributed by atoms with Gasteiger partial charge in [-0.25, -0.2) is 0 Å². The molecule has 0 aliphatic heterocycles.